The molecule has 0 aromatic heterocycles. The molecule has 0 heterocycles. The summed E-state index contributed by atoms with van der Waals surface area (Å²) in [5, 5.41) is 0. The minimum absolute atomic E-state index is 0.000468. The highest BCUT2D eigenvalue weighted by molar-refractivity contribution is 5.52. The Morgan fingerprint density at radius 1 is 1.11 bits per heavy atom. The Balaban J connectivity index is 2.39. The predicted molar refractivity (Wildman–Crippen MR) is 121 cm³/mol. The molecule has 0 saturated carbocycles. The Hall–Kier alpha value is -1.12. The van der Waals surface area contributed by atoms with Gasteiger partial charge in [-0.2, -0.15) is 0 Å². The normalized spacial score (nSPS) is 27.9. The number of ether oxygens (including phenoxy) is 2. The van der Waals surface area contributed by atoms with Crippen molar-refractivity contribution in [1.29, 1.82) is 0 Å². The van der Waals surface area contributed by atoms with E-state index in [2.05, 4.69) is 67.5 Å². The molecule has 0 unspecified atom stereocenters. The zero-order chi connectivity index (χ0) is 21.3. The van der Waals surface area contributed by atoms with E-state index < -0.39 is 0 Å². The molecule has 0 aliphatic heterocycles. The van der Waals surface area contributed by atoms with Crippen molar-refractivity contribution < 1.29 is 9.47 Å². The zero-order valence-electron chi connectivity index (χ0n) is 20.0. The molecule has 2 heteroatoms. The van der Waals surface area contributed by atoms with Gasteiger partial charge in [-0.1, -0.05) is 63.5 Å². The molecule has 2 aliphatic rings. The Bertz CT molecular complexity index is 707. The number of hydrogen-bond donors (Lipinski definition) is 0. The van der Waals surface area contributed by atoms with E-state index in [4.69, 9.17) is 9.47 Å². The summed E-state index contributed by atoms with van der Waals surface area (Å²) in [6.07, 6.45) is 9.63. The minimum atomic E-state index is -0.0327. The van der Waals surface area contributed by atoms with Crippen LogP contribution < -0.4 is 0 Å². The lowest BCUT2D eigenvalue weighted by Gasteiger charge is -2.34. The van der Waals surface area contributed by atoms with Crippen molar-refractivity contribution in [2.75, 3.05) is 14.2 Å². The molecule has 0 bridgehead atoms. The van der Waals surface area contributed by atoms with Gasteiger partial charge in [-0.05, 0) is 74.0 Å². The van der Waals surface area contributed by atoms with Crippen LogP contribution in [-0.4, -0.2) is 26.4 Å². The summed E-state index contributed by atoms with van der Waals surface area (Å²) in [6, 6.07) is 0. The molecule has 2 rings (SSSR count). The van der Waals surface area contributed by atoms with Gasteiger partial charge in [-0.15, -0.1) is 0 Å². The number of methoxy groups -OCH3 is 2. The molecular weight excluding hydrogens is 344 g/mol. The van der Waals surface area contributed by atoms with Crippen LogP contribution in [-0.2, 0) is 9.47 Å². The summed E-state index contributed by atoms with van der Waals surface area (Å²) < 4.78 is 11.7. The average Bonchev–Trinajstić information content (AvgIpc) is 2.84. The Morgan fingerprint density at radius 3 is 2.21 bits per heavy atom. The van der Waals surface area contributed by atoms with Gasteiger partial charge < -0.3 is 9.47 Å². The molecule has 0 fully saturated rings. The first-order valence-corrected chi connectivity index (χ1v) is 10.8. The lowest BCUT2D eigenvalue weighted by atomic mass is 9.71. The molecule has 158 valence electrons. The van der Waals surface area contributed by atoms with Crippen LogP contribution in [0, 0.1) is 10.8 Å². The average molecular weight is 387 g/mol. The molecule has 0 amide bonds. The third-order valence-electron chi connectivity index (χ3n) is 6.65. The maximum Gasteiger partial charge on any atom is 0.112 e. The van der Waals surface area contributed by atoms with E-state index in [1.54, 1.807) is 25.4 Å². The summed E-state index contributed by atoms with van der Waals surface area (Å²) in [4.78, 5) is 0. The molecule has 0 aromatic rings. The Kier molecular flexibility index (Phi) is 7.21. The van der Waals surface area contributed by atoms with Crippen molar-refractivity contribution in [2.45, 2.75) is 93.3 Å². The molecule has 28 heavy (non-hydrogen) atoms. The summed E-state index contributed by atoms with van der Waals surface area (Å²) in [6.45, 7) is 18.4. The van der Waals surface area contributed by atoms with Gasteiger partial charge in [0.25, 0.3) is 0 Å². The lowest BCUT2D eigenvalue weighted by molar-refractivity contribution is 0.0112. The fourth-order valence-electron chi connectivity index (χ4n) is 5.32. The van der Waals surface area contributed by atoms with Crippen LogP contribution in [0.5, 0.6) is 0 Å². The van der Waals surface area contributed by atoms with Crippen molar-refractivity contribution in [2.24, 2.45) is 10.8 Å². The van der Waals surface area contributed by atoms with Crippen LogP contribution in [0.3, 0.4) is 0 Å². The highest BCUT2D eigenvalue weighted by Gasteiger charge is 2.41. The van der Waals surface area contributed by atoms with E-state index in [1.807, 2.05) is 0 Å². The zero-order valence-corrected chi connectivity index (χ0v) is 20.0. The highest BCUT2D eigenvalue weighted by atomic mass is 16.5. The van der Waals surface area contributed by atoms with E-state index in [9.17, 15) is 0 Å². The fraction of sp³-hybridized carbons (Fsp3) is 0.692. The van der Waals surface area contributed by atoms with Crippen LogP contribution >= 0.6 is 0 Å². The van der Waals surface area contributed by atoms with Crippen LogP contribution in [0.1, 0.15) is 81.1 Å². The summed E-state index contributed by atoms with van der Waals surface area (Å²) >= 11 is 0. The fourth-order valence-corrected chi connectivity index (χ4v) is 5.32. The summed E-state index contributed by atoms with van der Waals surface area (Å²) in [5.41, 5.74) is 8.87. The third-order valence-corrected chi connectivity index (χ3v) is 6.65. The number of rotatable bonds is 5. The molecule has 2 nitrogen and oxygen atoms in total. The minimum Gasteiger partial charge on any atom is -0.374 e. The second kappa shape index (κ2) is 8.71. The maximum atomic E-state index is 5.90. The molecule has 0 N–H and O–H groups in total. The van der Waals surface area contributed by atoms with Gasteiger partial charge in [0.15, 0.2) is 0 Å². The van der Waals surface area contributed by atoms with E-state index in [0.29, 0.717) is 5.41 Å². The van der Waals surface area contributed by atoms with Crippen molar-refractivity contribution in [3.05, 3.63) is 45.6 Å². The third kappa shape index (κ3) is 4.71. The monoisotopic (exact) mass is 386 g/mol. The van der Waals surface area contributed by atoms with Gasteiger partial charge in [-0.3, -0.25) is 0 Å². The summed E-state index contributed by atoms with van der Waals surface area (Å²) in [7, 11) is 3.58. The molecule has 0 aromatic carbocycles. The van der Waals surface area contributed by atoms with Crippen molar-refractivity contribution in [3.63, 3.8) is 0 Å². The first-order chi connectivity index (χ1) is 12.9. The second-order valence-electron chi connectivity index (χ2n) is 10.4. The van der Waals surface area contributed by atoms with Gasteiger partial charge in [0.1, 0.15) is 12.2 Å². The molecular formula is C26H42O2. The van der Waals surface area contributed by atoms with Crippen molar-refractivity contribution in [3.8, 4) is 0 Å². The SMILES string of the molecule is CO[C@H]1C(C)=C(C(C)(C)C)/C(=C/C(C)=C/CC2=C(C)CCCC2(C)C)[C@@H]1OC. The number of allylic oxidation sites excluding steroid dienone is 5. The van der Waals surface area contributed by atoms with Crippen LogP contribution in [0.2, 0.25) is 0 Å². The lowest BCUT2D eigenvalue weighted by Crippen LogP contribution is -2.27. The van der Waals surface area contributed by atoms with Gasteiger partial charge in [0.05, 0.1) is 0 Å². The van der Waals surface area contributed by atoms with Crippen LogP contribution in [0.15, 0.2) is 45.6 Å². The maximum absolute atomic E-state index is 5.90. The largest absolute Gasteiger partial charge is 0.374 e. The predicted octanol–water partition coefficient (Wildman–Crippen LogP) is 7.18. The van der Waals surface area contributed by atoms with Crippen molar-refractivity contribution in [1.82, 2.24) is 0 Å². The summed E-state index contributed by atoms with van der Waals surface area (Å²) in [5.74, 6) is 0. The first-order valence-electron chi connectivity index (χ1n) is 10.8. The van der Waals surface area contributed by atoms with Crippen molar-refractivity contribution >= 4 is 0 Å². The van der Waals surface area contributed by atoms with Crippen LogP contribution in [0.4, 0.5) is 0 Å². The molecule has 0 saturated heterocycles. The van der Waals surface area contributed by atoms with E-state index in [1.165, 1.54) is 41.6 Å². The molecule has 0 radical (unpaired) electrons. The molecule has 2 aliphatic carbocycles. The van der Waals surface area contributed by atoms with Gasteiger partial charge >= 0.3 is 0 Å². The smallest absolute Gasteiger partial charge is 0.112 e. The van der Waals surface area contributed by atoms with Crippen LogP contribution in [0.25, 0.3) is 0 Å². The Morgan fingerprint density at radius 2 is 1.71 bits per heavy atom. The molecule has 0 spiro atoms. The van der Waals surface area contributed by atoms with Gasteiger partial charge in [0.2, 0.25) is 0 Å². The number of hydrogen-bond acceptors (Lipinski definition) is 2. The Labute approximate surface area is 173 Å². The van der Waals surface area contributed by atoms with E-state index in [0.717, 1.165) is 6.42 Å². The quantitative estimate of drug-likeness (QED) is 0.466. The first kappa shape index (κ1) is 23.2. The second-order valence-corrected chi connectivity index (χ2v) is 10.4. The highest BCUT2D eigenvalue weighted by Crippen LogP contribution is 2.45. The van der Waals surface area contributed by atoms with Gasteiger partial charge in [0, 0.05) is 14.2 Å². The van der Waals surface area contributed by atoms with Gasteiger partial charge in [-0.25, -0.2) is 0 Å². The van der Waals surface area contributed by atoms with E-state index >= 15 is 0 Å². The molecule has 2 atom stereocenters. The topological polar surface area (TPSA) is 18.5 Å². The standard InChI is InChI=1S/C26H42O2/c1-17(13-14-21-18(2)12-11-15-26(21,7)8)16-20-22(25(4,5)6)19(3)23(27-9)24(20)28-10/h13,16,23-24H,11-12,14-15H2,1-10H3/b17-13+,20-16-/t23-,24-/m0/s1. The van der Waals surface area contributed by atoms with E-state index in [-0.39, 0.29) is 17.6 Å².